The lowest BCUT2D eigenvalue weighted by Gasteiger charge is -2.16. The minimum Gasteiger partial charge on any atom is -0.361 e. The lowest BCUT2D eigenvalue weighted by molar-refractivity contribution is -0.127. The normalized spacial score (nSPS) is 16.1. The Balaban J connectivity index is 0.00000324. The fourth-order valence-corrected chi connectivity index (χ4v) is 4.63. The van der Waals surface area contributed by atoms with Crippen LogP contribution in [0.4, 0.5) is 0 Å². The van der Waals surface area contributed by atoms with Crippen molar-refractivity contribution in [1.82, 2.24) is 20.5 Å². The third-order valence-electron chi connectivity index (χ3n) is 6.34. The summed E-state index contributed by atoms with van der Waals surface area (Å²) in [5.41, 5.74) is 5.08. The number of fused-ring (bicyclic) bond motifs is 1. The Morgan fingerprint density at radius 2 is 1.94 bits per heavy atom. The monoisotopic (exact) mass is 573 g/mol. The molecule has 4 rings (SSSR count). The number of likely N-dealkylation sites (tertiary alicyclic amines) is 1. The van der Waals surface area contributed by atoms with Crippen LogP contribution in [-0.4, -0.2) is 54.5 Å². The van der Waals surface area contributed by atoms with E-state index in [4.69, 9.17) is 4.99 Å². The van der Waals surface area contributed by atoms with E-state index in [1.165, 1.54) is 27.6 Å². The van der Waals surface area contributed by atoms with Crippen LogP contribution in [0.15, 0.2) is 59.7 Å². The number of rotatable bonds is 9. The first kappa shape index (κ1) is 26.1. The van der Waals surface area contributed by atoms with Crippen LogP contribution < -0.4 is 10.6 Å². The second kappa shape index (κ2) is 12.8. The molecule has 1 unspecified atom stereocenters. The highest BCUT2D eigenvalue weighted by atomic mass is 127. The quantitative estimate of drug-likeness (QED) is 0.203. The zero-order chi connectivity index (χ0) is 23.0. The van der Waals surface area contributed by atoms with Crippen LogP contribution in [0.25, 0.3) is 10.9 Å². The molecule has 1 aliphatic heterocycles. The molecule has 0 aliphatic carbocycles. The van der Waals surface area contributed by atoms with E-state index in [2.05, 4.69) is 66.0 Å². The summed E-state index contributed by atoms with van der Waals surface area (Å²) in [6.07, 6.45) is 4.52. The van der Waals surface area contributed by atoms with Gasteiger partial charge in [-0.25, -0.2) is 0 Å². The summed E-state index contributed by atoms with van der Waals surface area (Å²) in [7, 11) is 0. The molecule has 3 aromatic rings. The molecule has 7 heteroatoms. The summed E-state index contributed by atoms with van der Waals surface area (Å²) in [4.78, 5) is 22.6. The van der Waals surface area contributed by atoms with Gasteiger partial charge >= 0.3 is 0 Å². The molecule has 1 saturated heterocycles. The Morgan fingerprint density at radius 1 is 1.12 bits per heavy atom. The molecule has 0 bridgehead atoms. The number of carbonyl (C=O) groups excluding carboxylic acids is 1. The van der Waals surface area contributed by atoms with E-state index in [0.29, 0.717) is 13.0 Å². The van der Waals surface area contributed by atoms with Crippen molar-refractivity contribution in [3.05, 3.63) is 71.4 Å². The molecule has 1 amide bonds. The minimum absolute atomic E-state index is 0. The van der Waals surface area contributed by atoms with E-state index < -0.39 is 0 Å². The SMILES string of the molecule is CCNC(=NCC1CC(=O)N(CCc2ccccc2)C1)NCCc1c[nH]c2cccc(C)c12.I. The van der Waals surface area contributed by atoms with Gasteiger partial charge in [-0.1, -0.05) is 42.5 Å². The number of H-pyrrole nitrogens is 1. The maximum atomic E-state index is 12.5. The van der Waals surface area contributed by atoms with Crippen molar-refractivity contribution in [2.24, 2.45) is 10.9 Å². The van der Waals surface area contributed by atoms with Gasteiger partial charge in [0.15, 0.2) is 5.96 Å². The van der Waals surface area contributed by atoms with Gasteiger partial charge < -0.3 is 20.5 Å². The predicted octanol–water partition coefficient (Wildman–Crippen LogP) is 4.28. The standard InChI is InChI=1S/C27H35N5O.HI/c1-3-28-27(29-14-12-23-18-30-24-11-7-8-20(2)26(23)24)31-17-22-16-25(33)32(19-22)15-13-21-9-5-4-6-10-21;/h4-11,18,22,30H,3,12-17,19H2,1-2H3,(H2,28,29,31);1H. The third-order valence-corrected chi connectivity index (χ3v) is 6.34. The van der Waals surface area contributed by atoms with E-state index in [9.17, 15) is 4.79 Å². The molecule has 34 heavy (non-hydrogen) atoms. The third kappa shape index (κ3) is 6.74. The summed E-state index contributed by atoms with van der Waals surface area (Å²) < 4.78 is 0. The van der Waals surface area contributed by atoms with Crippen molar-refractivity contribution in [1.29, 1.82) is 0 Å². The van der Waals surface area contributed by atoms with Gasteiger partial charge in [0, 0.05) is 62.2 Å². The largest absolute Gasteiger partial charge is 0.361 e. The molecule has 3 N–H and O–H groups in total. The molecule has 0 radical (unpaired) electrons. The number of nitrogens with zero attached hydrogens (tertiary/aromatic N) is 2. The first-order chi connectivity index (χ1) is 16.1. The van der Waals surface area contributed by atoms with E-state index in [1.54, 1.807) is 0 Å². The highest BCUT2D eigenvalue weighted by Crippen LogP contribution is 2.22. The first-order valence-electron chi connectivity index (χ1n) is 12.0. The topological polar surface area (TPSA) is 72.5 Å². The summed E-state index contributed by atoms with van der Waals surface area (Å²) in [6, 6.07) is 16.7. The Labute approximate surface area is 219 Å². The van der Waals surface area contributed by atoms with Gasteiger partial charge in [0.2, 0.25) is 5.91 Å². The van der Waals surface area contributed by atoms with Gasteiger partial charge in [-0.05, 0) is 49.4 Å². The first-order valence-corrected chi connectivity index (χ1v) is 12.0. The van der Waals surface area contributed by atoms with Gasteiger partial charge in [0.25, 0.3) is 0 Å². The second-order valence-corrected chi connectivity index (χ2v) is 8.85. The fraction of sp³-hybridized carbons (Fsp3) is 0.407. The van der Waals surface area contributed by atoms with Gasteiger partial charge in [-0.15, -0.1) is 24.0 Å². The maximum Gasteiger partial charge on any atom is 0.223 e. The molecule has 2 aromatic carbocycles. The smallest absolute Gasteiger partial charge is 0.223 e. The predicted molar refractivity (Wildman–Crippen MR) is 151 cm³/mol. The molecule has 1 aliphatic rings. The molecule has 2 heterocycles. The van der Waals surface area contributed by atoms with Crippen molar-refractivity contribution in [3.8, 4) is 0 Å². The van der Waals surface area contributed by atoms with E-state index >= 15 is 0 Å². The zero-order valence-corrected chi connectivity index (χ0v) is 22.5. The van der Waals surface area contributed by atoms with Gasteiger partial charge in [-0.2, -0.15) is 0 Å². The number of aromatic amines is 1. The summed E-state index contributed by atoms with van der Waals surface area (Å²) >= 11 is 0. The molecular weight excluding hydrogens is 537 g/mol. The average Bonchev–Trinajstić information content (AvgIpc) is 3.40. The molecule has 182 valence electrons. The van der Waals surface area contributed by atoms with Gasteiger partial charge in [-0.3, -0.25) is 9.79 Å². The number of aryl methyl sites for hydroxylation is 1. The van der Waals surface area contributed by atoms with Crippen molar-refractivity contribution in [2.45, 2.75) is 33.1 Å². The molecule has 1 aromatic heterocycles. The summed E-state index contributed by atoms with van der Waals surface area (Å²) in [5.74, 6) is 1.35. The molecule has 0 spiro atoms. The second-order valence-electron chi connectivity index (χ2n) is 8.85. The fourth-order valence-electron chi connectivity index (χ4n) is 4.63. The number of guanidine groups is 1. The zero-order valence-electron chi connectivity index (χ0n) is 20.1. The maximum absolute atomic E-state index is 12.5. The molecule has 0 saturated carbocycles. The summed E-state index contributed by atoms with van der Waals surface area (Å²) in [5, 5.41) is 8.12. The number of aromatic nitrogens is 1. The van der Waals surface area contributed by atoms with Crippen molar-refractivity contribution >= 4 is 46.7 Å². The molecule has 1 fully saturated rings. The minimum atomic E-state index is 0. The van der Waals surface area contributed by atoms with Crippen LogP contribution in [0.2, 0.25) is 0 Å². The number of hydrogen-bond donors (Lipinski definition) is 3. The van der Waals surface area contributed by atoms with E-state index in [1.807, 2.05) is 23.1 Å². The number of aliphatic imine (C=N–C) groups is 1. The van der Waals surface area contributed by atoms with Crippen molar-refractivity contribution < 1.29 is 4.79 Å². The molecule has 6 nitrogen and oxygen atoms in total. The van der Waals surface area contributed by atoms with Crippen LogP contribution in [0.3, 0.4) is 0 Å². The van der Waals surface area contributed by atoms with Crippen molar-refractivity contribution in [3.63, 3.8) is 0 Å². The van der Waals surface area contributed by atoms with Crippen LogP contribution in [0, 0.1) is 12.8 Å². The molecular formula is C27H36IN5O. The van der Waals surface area contributed by atoms with Crippen LogP contribution in [0.1, 0.15) is 30.0 Å². The number of hydrogen-bond acceptors (Lipinski definition) is 2. The Hall–Kier alpha value is -2.55. The Morgan fingerprint density at radius 3 is 2.74 bits per heavy atom. The highest BCUT2D eigenvalue weighted by Gasteiger charge is 2.29. The number of halogens is 1. The lowest BCUT2D eigenvalue weighted by Crippen LogP contribution is -2.38. The molecule has 1 atom stereocenters. The summed E-state index contributed by atoms with van der Waals surface area (Å²) in [6.45, 7) is 8.09. The van der Waals surface area contributed by atoms with Crippen molar-refractivity contribution in [2.75, 3.05) is 32.7 Å². The Kier molecular flexibility index (Phi) is 9.80. The van der Waals surface area contributed by atoms with Gasteiger partial charge in [0.1, 0.15) is 0 Å². The number of benzene rings is 2. The van der Waals surface area contributed by atoms with Crippen LogP contribution >= 0.6 is 24.0 Å². The number of amides is 1. The number of carbonyl (C=O) groups is 1. The van der Waals surface area contributed by atoms with Gasteiger partial charge in [0.05, 0.1) is 0 Å². The van der Waals surface area contributed by atoms with Crippen LogP contribution in [-0.2, 0) is 17.6 Å². The average molecular weight is 574 g/mol. The van der Waals surface area contributed by atoms with E-state index in [0.717, 1.165) is 45.0 Å². The number of nitrogens with one attached hydrogen (secondary N) is 3. The Bertz CT molecular complexity index is 1090. The van der Waals surface area contributed by atoms with Crippen LogP contribution in [0.5, 0.6) is 0 Å². The van der Waals surface area contributed by atoms with E-state index in [-0.39, 0.29) is 35.8 Å². The highest BCUT2D eigenvalue weighted by molar-refractivity contribution is 14.0. The lowest BCUT2D eigenvalue weighted by atomic mass is 10.1.